The van der Waals surface area contributed by atoms with Crippen molar-refractivity contribution in [3.05, 3.63) is 29.4 Å². The molecule has 9 heteroatoms. The van der Waals surface area contributed by atoms with Gasteiger partial charge in [-0.3, -0.25) is 4.72 Å². The Hall–Kier alpha value is -1.58. The van der Waals surface area contributed by atoms with Gasteiger partial charge in [-0.1, -0.05) is 17.4 Å². The molecule has 0 atom stereocenters. The van der Waals surface area contributed by atoms with Crippen LogP contribution in [-0.4, -0.2) is 28.7 Å². The van der Waals surface area contributed by atoms with Crippen LogP contribution in [0.5, 0.6) is 0 Å². The van der Waals surface area contributed by atoms with Gasteiger partial charge in [0.1, 0.15) is 5.51 Å². The third kappa shape index (κ3) is 2.75. The van der Waals surface area contributed by atoms with Gasteiger partial charge in [-0.15, -0.1) is 10.2 Å². The number of hydrogen-bond donors (Lipinski definition) is 2. The van der Waals surface area contributed by atoms with Crippen LogP contribution in [-0.2, 0) is 16.6 Å². The molecule has 0 unspecified atom stereocenters. The van der Waals surface area contributed by atoms with Gasteiger partial charge in [0.05, 0.1) is 6.61 Å². The predicted molar refractivity (Wildman–Crippen MR) is 60.9 cm³/mol. The van der Waals surface area contributed by atoms with E-state index < -0.39 is 10.0 Å². The number of aromatic nitrogens is 3. The number of nitrogens with zero attached hydrogens (tertiary/aromatic N) is 3. The van der Waals surface area contributed by atoms with E-state index in [4.69, 9.17) is 5.11 Å². The molecule has 2 rings (SSSR count). The van der Waals surface area contributed by atoms with Crippen molar-refractivity contribution in [3.8, 4) is 0 Å². The standard InChI is InChI=1S/C8H8N4O3S2/c13-4-6-1-2-7(9-3-6)17(14,15)12-8-11-10-5-16-8/h1-3,5,13H,4H2,(H,11,12). The van der Waals surface area contributed by atoms with E-state index in [0.717, 1.165) is 11.3 Å². The number of aliphatic hydroxyl groups excluding tert-OH is 1. The lowest BCUT2D eigenvalue weighted by Gasteiger charge is -2.03. The number of pyridine rings is 1. The average Bonchev–Trinajstić information content (AvgIpc) is 2.81. The monoisotopic (exact) mass is 272 g/mol. The predicted octanol–water partition coefficient (Wildman–Crippen LogP) is 0.226. The summed E-state index contributed by atoms with van der Waals surface area (Å²) in [6.45, 7) is -0.183. The molecule has 0 bridgehead atoms. The van der Waals surface area contributed by atoms with Gasteiger partial charge in [0.2, 0.25) is 5.13 Å². The van der Waals surface area contributed by atoms with Crippen molar-refractivity contribution < 1.29 is 13.5 Å². The summed E-state index contributed by atoms with van der Waals surface area (Å²) in [5.74, 6) is 0. The summed E-state index contributed by atoms with van der Waals surface area (Å²) < 4.78 is 25.8. The van der Waals surface area contributed by atoms with Gasteiger partial charge >= 0.3 is 0 Å². The molecule has 2 N–H and O–H groups in total. The van der Waals surface area contributed by atoms with Crippen LogP contribution in [0.4, 0.5) is 5.13 Å². The van der Waals surface area contributed by atoms with Crippen LogP contribution < -0.4 is 4.72 Å². The molecular formula is C8H8N4O3S2. The zero-order valence-electron chi connectivity index (χ0n) is 8.44. The normalized spacial score (nSPS) is 11.4. The van der Waals surface area contributed by atoms with Gasteiger partial charge in [-0.25, -0.2) is 4.98 Å². The minimum Gasteiger partial charge on any atom is -0.392 e. The number of aliphatic hydroxyl groups is 1. The third-order valence-corrected chi connectivity index (χ3v) is 3.83. The van der Waals surface area contributed by atoms with Crippen LogP contribution >= 0.6 is 11.3 Å². The Morgan fingerprint density at radius 3 is 2.76 bits per heavy atom. The van der Waals surface area contributed by atoms with Gasteiger partial charge in [0, 0.05) is 6.20 Å². The van der Waals surface area contributed by atoms with Gasteiger partial charge < -0.3 is 5.11 Å². The Balaban J connectivity index is 2.25. The topological polar surface area (TPSA) is 105 Å². The molecule has 0 radical (unpaired) electrons. The van der Waals surface area contributed by atoms with Crippen LogP contribution in [0.1, 0.15) is 5.56 Å². The Morgan fingerprint density at radius 1 is 1.41 bits per heavy atom. The number of hydrogen-bond acceptors (Lipinski definition) is 7. The Labute approximate surface area is 101 Å². The van der Waals surface area contributed by atoms with Crippen molar-refractivity contribution in [2.45, 2.75) is 11.6 Å². The number of nitrogens with one attached hydrogen (secondary N) is 1. The van der Waals surface area contributed by atoms with Gasteiger partial charge in [-0.05, 0) is 11.6 Å². The van der Waals surface area contributed by atoms with E-state index in [0.29, 0.717) is 5.56 Å². The fraction of sp³-hybridized carbons (Fsp3) is 0.125. The molecule has 0 aromatic carbocycles. The molecule has 2 aromatic rings. The van der Waals surface area contributed by atoms with Crippen molar-refractivity contribution in [1.82, 2.24) is 15.2 Å². The fourth-order valence-corrected chi connectivity index (χ4v) is 2.67. The molecule has 2 aromatic heterocycles. The molecule has 90 valence electrons. The highest BCUT2D eigenvalue weighted by Gasteiger charge is 2.17. The summed E-state index contributed by atoms with van der Waals surface area (Å²) in [6, 6.07) is 2.80. The summed E-state index contributed by atoms with van der Waals surface area (Å²) in [5.41, 5.74) is 1.96. The summed E-state index contributed by atoms with van der Waals surface area (Å²) in [4.78, 5) is 3.75. The van der Waals surface area contributed by atoms with Gasteiger partial charge in [0.15, 0.2) is 5.03 Å². The third-order valence-electron chi connectivity index (χ3n) is 1.84. The molecule has 0 saturated heterocycles. The van der Waals surface area contributed by atoms with Crippen LogP contribution in [0.15, 0.2) is 28.9 Å². The van der Waals surface area contributed by atoms with Crippen molar-refractivity contribution >= 4 is 26.5 Å². The zero-order chi connectivity index (χ0) is 12.3. The van der Waals surface area contributed by atoms with E-state index in [1.807, 2.05) is 0 Å². The molecular weight excluding hydrogens is 264 g/mol. The highest BCUT2D eigenvalue weighted by molar-refractivity contribution is 7.92. The largest absolute Gasteiger partial charge is 0.392 e. The molecule has 2 heterocycles. The average molecular weight is 272 g/mol. The zero-order valence-corrected chi connectivity index (χ0v) is 10.1. The van der Waals surface area contributed by atoms with Crippen molar-refractivity contribution in [1.29, 1.82) is 0 Å². The van der Waals surface area contributed by atoms with E-state index >= 15 is 0 Å². The lowest BCUT2D eigenvalue weighted by Crippen LogP contribution is -2.14. The van der Waals surface area contributed by atoms with Crippen molar-refractivity contribution in [2.75, 3.05) is 4.72 Å². The molecule has 0 aliphatic carbocycles. The van der Waals surface area contributed by atoms with Crippen molar-refractivity contribution in [2.24, 2.45) is 0 Å². The van der Waals surface area contributed by atoms with E-state index in [1.54, 1.807) is 0 Å². The summed E-state index contributed by atoms with van der Waals surface area (Å²) >= 11 is 1.07. The second kappa shape index (κ2) is 4.73. The first-order chi connectivity index (χ1) is 8.12. The molecule has 0 aliphatic heterocycles. The molecule has 17 heavy (non-hydrogen) atoms. The number of sulfonamides is 1. The highest BCUT2D eigenvalue weighted by atomic mass is 32.2. The SMILES string of the molecule is O=S(=O)(Nc1nncs1)c1ccc(CO)cn1. The summed E-state index contributed by atoms with van der Waals surface area (Å²) in [7, 11) is -3.74. The highest BCUT2D eigenvalue weighted by Crippen LogP contribution is 2.15. The van der Waals surface area contributed by atoms with Crippen molar-refractivity contribution in [3.63, 3.8) is 0 Å². The molecule has 0 saturated carbocycles. The first-order valence-electron chi connectivity index (χ1n) is 4.46. The molecule has 0 amide bonds. The summed E-state index contributed by atoms with van der Waals surface area (Å²) in [5, 5.41) is 15.9. The molecule has 0 aliphatic rings. The Kier molecular flexibility index (Phi) is 3.31. The Bertz CT molecular complexity index is 580. The van der Waals surface area contributed by atoms with E-state index in [-0.39, 0.29) is 16.8 Å². The Morgan fingerprint density at radius 2 is 2.24 bits per heavy atom. The molecule has 7 nitrogen and oxygen atoms in total. The van der Waals surface area contributed by atoms with E-state index in [9.17, 15) is 8.42 Å². The van der Waals surface area contributed by atoms with Gasteiger partial charge in [0.25, 0.3) is 10.0 Å². The first kappa shape index (κ1) is 11.9. The molecule has 0 spiro atoms. The van der Waals surface area contributed by atoms with Crippen LogP contribution in [0, 0.1) is 0 Å². The number of rotatable bonds is 4. The van der Waals surface area contributed by atoms with Crippen LogP contribution in [0.2, 0.25) is 0 Å². The van der Waals surface area contributed by atoms with Crippen LogP contribution in [0.3, 0.4) is 0 Å². The summed E-state index contributed by atoms with van der Waals surface area (Å²) in [6.07, 6.45) is 1.30. The second-order valence-electron chi connectivity index (χ2n) is 3.01. The van der Waals surface area contributed by atoms with E-state index in [1.165, 1.54) is 23.8 Å². The van der Waals surface area contributed by atoms with Gasteiger partial charge in [-0.2, -0.15) is 8.42 Å². The number of anilines is 1. The van der Waals surface area contributed by atoms with Crippen LogP contribution in [0.25, 0.3) is 0 Å². The molecule has 0 fully saturated rings. The maximum atomic E-state index is 11.8. The fourth-order valence-electron chi connectivity index (χ4n) is 1.05. The lowest BCUT2D eigenvalue weighted by molar-refractivity contribution is 0.281. The maximum Gasteiger partial charge on any atom is 0.281 e. The lowest BCUT2D eigenvalue weighted by atomic mass is 10.3. The second-order valence-corrected chi connectivity index (χ2v) is 5.47. The minimum absolute atomic E-state index is 0.134. The quantitative estimate of drug-likeness (QED) is 0.825. The first-order valence-corrected chi connectivity index (χ1v) is 6.83. The smallest absolute Gasteiger partial charge is 0.281 e. The van der Waals surface area contributed by atoms with E-state index in [2.05, 4.69) is 19.9 Å². The minimum atomic E-state index is -3.74. The maximum absolute atomic E-state index is 11.8.